The van der Waals surface area contributed by atoms with E-state index in [0.717, 1.165) is 24.2 Å². The molecule has 28 heavy (non-hydrogen) atoms. The van der Waals surface area contributed by atoms with Crippen molar-refractivity contribution in [2.75, 3.05) is 6.61 Å². The molecule has 0 saturated heterocycles. The van der Waals surface area contributed by atoms with Crippen LogP contribution in [-0.4, -0.2) is 47.3 Å². The van der Waals surface area contributed by atoms with Crippen molar-refractivity contribution in [3.63, 3.8) is 0 Å². The summed E-state index contributed by atoms with van der Waals surface area (Å²) in [5.41, 5.74) is 0.528. The van der Waals surface area contributed by atoms with Gasteiger partial charge in [-0.15, -0.1) is 0 Å². The molecule has 1 heterocycles. The molecular formula is C21H28N2O5. The third-order valence-corrected chi connectivity index (χ3v) is 4.73. The zero-order valence-electron chi connectivity index (χ0n) is 16.9. The van der Waals surface area contributed by atoms with Crippen LogP contribution in [0.25, 0.3) is 0 Å². The molecule has 152 valence electrons. The number of hydrogen-bond acceptors (Lipinski definition) is 5. The van der Waals surface area contributed by atoms with E-state index in [1.807, 2.05) is 6.92 Å². The van der Waals surface area contributed by atoms with E-state index in [1.54, 1.807) is 24.3 Å². The number of imide groups is 1. The third-order valence-electron chi connectivity index (χ3n) is 4.73. The topological polar surface area (TPSA) is 92.8 Å². The third kappa shape index (κ3) is 5.18. The van der Waals surface area contributed by atoms with Gasteiger partial charge in [-0.1, -0.05) is 38.8 Å². The Hall–Kier alpha value is -2.70. The van der Waals surface area contributed by atoms with Crippen molar-refractivity contribution in [2.24, 2.45) is 5.92 Å². The fourth-order valence-electron chi connectivity index (χ4n) is 3.14. The van der Waals surface area contributed by atoms with Crippen molar-refractivity contribution in [3.05, 3.63) is 35.4 Å². The molecular weight excluding hydrogens is 360 g/mol. The molecule has 1 aliphatic rings. The number of carbonyl (C=O) groups is 4. The highest BCUT2D eigenvalue weighted by Gasteiger charge is 2.41. The molecule has 0 aliphatic carbocycles. The highest BCUT2D eigenvalue weighted by molar-refractivity contribution is 6.22. The van der Waals surface area contributed by atoms with E-state index < -0.39 is 36.3 Å². The Bertz CT molecular complexity index is 724. The van der Waals surface area contributed by atoms with Crippen LogP contribution >= 0.6 is 0 Å². The second-order valence-corrected chi connectivity index (χ2v) is 7.60. The fourth-order valence-corrected chi connectivity index (χ4v) is 3.14. The van der Waals surface area contributed by atoms with Gasteiger partial charge in [0, 0.05) is 6.04 Å². The van der Waals surface area contributed by atoms with Crippen molar-refractivity contribution in [2.45, 2.75) is 59.0 Å². The highest BCUT2D eigenvalue weighted by Crippen LogP contribution is 2.24. The van der Waals surface area contributed by atoms with Crippen molar-refractivity contribution in [1.82, 2.24) is 10.2 Å². The standard InChI is InChI=1S/C21H28N2O5/c1-13(2)8-7-9-14(3)22-18(24)12-28-21(27)15(4)23-19(25)16-10-5-6-11-17(16)20(23)26/h5-6,10-11,13-15H,7-9,12H2,1-4H3,(H,22,24)/t14-,15+/m1/s1. The summed E-state index contributed by atoms with van der Waals surface area (Å²) < 4.78 is 5.02. The molecule has 2 atom stereocenters. The zero-order chi connectivity index (χ0) is 20.8. The van der Waals surface area contributed by atoms with Gasteiger partial charge < -0.3 is 10.1 Å². The number of hydrogen-bond donors (Lipinski definition) is 1. The molecule has 0 bridgehead atoms. The van der Waals surface area contributed by atoms with Crippen LogP contribution in [0.15, 0.2) is 24.3 Å². The Kier molecular flexibility index (Phi) is 7.31. The summed E-state index contributed by atoms with van der Waals surface area (Å²) in [6.45, 7) is 7.18. The lowest BCUT2D eigenvalue weighted by Gasteiger charge is -2.21. The minimum atomic E-state index is -1.11. The van der Waals surface area contributed by atoms with Gasteiger partial charge in [0.1, 0.15) is 6.04 Å². The highest BCUT2D eigenvalue weighted by atomic mass is 16.5. The molecule has 1 aliphatic heterocycles. The summed E-state index contributed by atoms with van der Waals surface area (Å²) >= 11 is 0. The smallest absolute Gasteiger partial charge is 0.329 e. The van der Waals surface area contributed by atoms with Crippen molar-refractivity contribution in [3.8, 4) is 0 Å². The van der Waals surface area contributed by atoms with E-state index in [9.17, 15) is 19.2 Å². The predicted molar refractivity (Wildman–Crippen MR) is 104 cm³/mol. The number of nitrogens with one attached hydrogen (secondary N) is 1. The molecule has 7 nitrogen and oxygen atoms in total. The molecule has 1 aromatic rings. The van der Waals surface area contributed by atoms with Gasteiger partial charge in [0.25, 0.3) is 17.7 Å². The van der Waals surface area contributed by atoms with Crippen molar-refractivity contribution < 1.29 is 23.9 Å². The first kappa shape index (κ1) is 21.6. The van der Waals surface area contributed by atoms with Gasteiger partial charge in [0.15, 0.2) is 6.61 Å². The fraction of sp³-hybridized carbons (Fsp3) is 0.524. The molecule has 0 unspecified atom stereocenters. The molecule has 1 N–H and O–H groups in total. The monoisotopic (exact) mass is 388 g/mol. The Labute approximate surface area is 165 Å². The van der Waals surface area contributed by atoms with Gasteiger partial charge in [-0.2, -0.15) is 0 Å². The van der Waals surface area contributed by atoms with Crippen molar-refractivity contribution >= 4 is 23.7 Å². The average Bonchev–Trinajstić information content (AvgIpc) is 2.90. The van der Waals surface area contributed by atoms with Gasteiger partial charge in [-0.05, 0) is 38.3 Å². The number of amides is 3. The first-order valence-corrected chi connectivity index (χ1v) is 9.65. The number of nitrogens with zero attached hydrogens (tertiary/aromatic N) is 1. The lowest BCUT2D eigenvalue weighted by molar-refractivity contribution is -0.152. The maximum Gasteiger partial charge on any atom is 0.329 e. The Morgan fingerprint density at radius 2 is 1.57 bits per heavy atom. The second-order valence-electron chi connectivity index (χ2n) is 7.60. The molecule has 3 amide bonds. The number of rotatable bonds is 9. The predicted octanol–water partition coefficient (Wildman–Crippen LogP) is 2.55. The van der Waals surface area contributed by atoms with E-state index in [4.69, 9.17) is 4.74 Å². The van der Waals surface area contributed by atoms with E-state index in [1.165, 1.54) is 6.92 Å². The van der Waals surface area contributed by atoms with Crippen LogP contribution < -0.4 is 5.32 Å². The lowest BCUT2D eigenvalue weighted by atomic mass is 10.0. The quantitative estimate of drug-likeness (QED) is 0.518. The number of carbonyl (C=O) groups excluding carboxylic acids is 4. The van der Waals surface area contributed by atoms with Gasteiger partial charge in [0.2, 0.25) is 0 Å². The van der Waals surface area contributed by atoms with Crippen LogP contribution in [0.5, 0.6) is 0 Å². The van der Waals surface area contributed by atoms with Crippen molar-refractivity contribution in [1.29, 1.82) is 0 Å². The Balaban J connectivity index is 1.82. The molecule has 0 saturated carbocycles. The van der Waals surface area contributed by atoms with Crippen LogP contribution in [0.2, 0.25) is 0 Å². The summed E-state index contributed by atoms with van der Waals surface area (Å²) in [6.07, 6.45) is 2.95. The normalized spacial score (nSPS) is 15.4. The van der Waals surface area contributed by atoms with Crippen LogP contribution in [0.3, 0.4) is 0 Å². The number of ether oxygens (including phenoxy) is 1. The van der Waals surface area contributed by atoms with Crippen LogP contribution in [0.1, 0.15) is 67.7 Å². The molecule has 0 fully saturated rings. The lowest BCUT2D eigenvalue weighted by Crippen LogP contribution is -2.45. The average molecular weight is 388 g/mol. The SMILES string of the molecule is CC(C)CCC[C@@H](C)NC(=O)COC(=O)[C@H](C)N1C(=O)c2ccccc2C1=O. The minimum absolute atomic E-state index is 0.0152. The number of esters is 1. The van der Waals surface area contributed by atoms with Crippen LogP contribution in [0, 0.1) is 5.92 Å². The Morgan fingerprint density at radius 3 is 2.11 bits per heavy atom. The van der Waals surface area contributed by atoms with Crippen LogP contribution in [0.4, 0.5) is 0 Å². The Morgan fingerprint density at radius 1 is 1.00 bits per heavy atom. The summed E-state index contributed by atoms with van der Waals surface area (Å²) in [6, 6.07) is 5.28. The molecule has 1 aromatic carbocycles. The molecule has 2 rings (SSSR count). The first-order valence-electron chi connectivity index (χ1n) is 9.65. The molecule has 0 spiro atoms. The molecule has 0 aromatic heterocycles. The summed E-state index contributed by atoms with van der Waals surface area (Å²) in [5.74, 6) is -1.65. The first-order chi connectivity index (χ1) is 13.2. The van der Waals surface area contributed by atoms with Gasteiger partial charge >= 0.3 is 5.97 Å². The van der Waals surface area contributed by atoms with E-state index >= 15 is 0 Å². The van der Waals surface area contributed by atoms with Crippen LogP contribution in [-0.2, 0) is 14.3 Å². The maximum absolute atomic E-state index is 12.4. The largest absolute Gasteiger partial charge is 0.454 e. The molecule has 0 radical (unpaired) electrons. The summed E-state index contributed by atoms with van der Waals surface area (Å²) in [5, 5.41) is 2.79. The number of fused-ring (bicyclic) bond motifs is 1. The van der Waals surface area contributed by atoms with Gasteiger partial charge in [0.05, 0.1) is 11.1 Å². The van der Waals surface area contributed by atoms with E-state index in [0.29, 0.717) is 5.92 Å². The zero-order valence-corrected chi connectivity index (χ0v) is 16.9. The maximum atomic E-state index is 12.4. The van der Waals surface area contributed by atoms with E-state index in [2.05, 4.69) is 19.2 Å². The minimum Gasteiger partial charge on any atom is -0.454 e. The second kappa shape index (κ2) is 9.48. The van der Waals surface area contributed by atoms with Gasteiger partial charge in [-0.3, -0.25) is 19.3 Å². The molecule has 7 heteroatoms. The van der Waals surface area contributed by atoms with Gasteiger partial charge in [-0.25, -0.2) is 4.79 Å². The summed E-state index contributed by atoms with van der Waals surface area (Å²) in [7, 11) is 0. The summed E-state index contributed by atoms with van der Waals surface area (Å²) in [4.78, 5) is 49.9. The van der Waals surface area contributed by atoms with E-state index in [-0.39, 0.29) is 17.2 Å². The number of benzene rings is 1.